The summed E-state index contributed by atoms with van der Waals surface area (Å²) in [5.74, 6) is 0.787. The van der Waals surface area contributed by atoms with E-state index >= 15 is 0 Å². The van der Waals surface area contributed by atoms with Gasteiger partial charge in [-0.25, -0.2) is 4.98 Å². The zero-order chi connectivity index (χ0) is 15.1. The van der Waals surface area contributed by atoms with Crippen LogP contribution in [0.5, 0.6) is 0 Å². The molecule has 2 N–H and O–H groups in total. The highest BCUT2D eigenvalue weighted by molar-refractivity contribution is 7.97. The Kier molecular flexibility index (Phi) is 6.21. The summed E-state index contributed by atoms with van der Waals surface area (Å²) in [7, 11) is 0. The van der Waals surface area contributed by atoms with Gasteiger partial charge in [0, 0.05) is 32.2 Å². The third-order valence-corrected chi connectivity index (χ3v) is 3.68. The molecule has 1 fully saturated rings. The highest BCUT2D eigenvalue weighted by atomic mass is 32.2. The van der Waals surface area contributed by atoms with Gasteiger partial charge in [0.25, 0.3) is 11.5 Å². The number of hydrogen-bond donors (Lipinski definition) is 2. The normalized spacial score (nSPS) is 15.9. The van der Waals surface area contributed by atoms with E-state index in [1.165, 1.54) is 17.8 Å². The van der Waals surface area contributed by atoms with E-state index in [4.69, 9.17) is 4.74 Å². The van der Waals surface area contributed by atoms with Gasteiger partial charge in [0.15, 0.2) is 0 Å². The first kappa shape index (κ1) is 16.0. The van der Waals surface area contributed by atoms with Crippen molar-refractivity contribution in [3.63, 3.8) is 0 Å². The van der Waals surface area contributed by atoms with Gasteiger partial charge in [-0.15, -0.1) is 0 Å². The Hall–Kier alpha value is -1.38. The molecule has 2 rings (SSSR count). The summed E-state index contributed by atoms with van der Waals surface area (Å²) in [4.78, 5) is 32.5. The van der Waals surface area contributed by atoms with Crippen molar-refractivity contribution in [1.29, 1.82) is 0 Å². The molecule has 1 amide bonds. The Morgan fingerprint density at radius 2 is 2.29 bits per heavy atom. The zero-order valence-corrected chi connectivity index (χ0v) is 12.9. The van der Waals surface area contributed by atoms with E-state index in [1.54, 1.807) is 0 Å². The first-order valence-electron chi connectivity index (χ1n) is 6.86. The first-order valence-corrected chi connectivity index (χ1v) is 8.26. The largest absolute Gasteiger partial charge is 0.379 e. The lowest BCUT2D eigenvalue weighted by atomic mass is 10.3. The second-order valence-electron chi connectivity index (χ2n) is 4.72. The van der Waals surface area contributed by atoms with Crippen LogP contribution in [0.2, 0.25) is 0 Å². The molecule has 0 atom stereocenters. The van der Waals surface area contributed by atoms with Crippen LogP contribution in [0.25, 0.3) is 0 Å². The van der Waals surface area contributed by atoms with Crippen LogP contribution in [0.15, 0.2) is 10.9 Å². The number of amides is 1. The van der Waals surface area contributed by atoms with Gasteiger partial charge in [-0.3, -0.25) is 14.5 Å². The lowest BCUT2D eigenvalue weighted by Crippen LogP contribution is -2.41. The van der Waals surface area contributed by atoms with Crippen molar-refractivity contribution in [3.8, 4) is 0 Å². The lowest BCUT2D eigenvalue weighted by molar-refractivity contribution is 0.0383. The van der Waals surface area contributed by atoms with Crippen molar-refractivity contribution in [2.45, 2.75) is 5.75 Å². The molecule has 1 saturated heterocycles. The van der Waals surface area contributed by atoms with Crippen molar-refractivity contribution in [1.82, 2.24) is 20.2 Å². The third-order valence-electron chi connectivity index (χ3n) is 3.12. The number of ether oxygens (including phenoxy) is 1. The van der Waals surface area contributed by atoms with Crippen molar-refractivity contribution < 1.29 is 9.53 Å². The maximum absolute atomic E-state index is 12.0. The second kappa shape index (κ2) is 8.16. The van der Waals surface area contributed by atoms with Gasteiger partial charge in [0.05, 0.1) is 19.0 Å². The minimum atomic E-state index is -0.309. The first-order chi connectivity index (χ1) is 10.2. The van der Waals surface area contributed by atoms with Gasteiger partial charge in [-0.2, -0.15) is 11.8 Å². The Morgan fingerprint density at radius 3 is 3.00 bits per heavy atom. The molecule has 1 aromatic rings. The van der Waals surface area contributed by atoms with Crippen LogP contribution in [0.1, 0.15) is 16.3 Å². The molecular formula is C13H20N4O3S. The van der Waals surface area contributed by atoms with E-state index in [2.05, 4.69) is 20.2 Å². The molecule has 21 heavy (non-hydrogen) atoms. The van der Waals surface area contributed by atoms with Crippen molar-refractivity contribution in [2.24, 2.45) is 0 Å². The van der Waals surface area contributed by atoms with Crippen LogP contribution in [0.3, 0.4) is 0 Å². The van der Waals surface area contributed by atoms with E-state index in [1.807, 2.05) is 6.26 Å². The van der Waals surface area contributed by atoms with Crippen LogP contribution in [-0.2, 0) is 10.5 Å². The summed E-state index contributed by atoms with van der Waals surface area (Å²) in [5, 5.41) is 2.80. The Morgan fingerprint density at radius 1 is 1.52 bits per heavy atom. The number of aromatic nitrogens is 2. The van der Waals surface area contributed by atoms with E-state index in [9.17, 15) is 9.59 Å². The summed E-state index contributed by atoms with van der Waals surface area (Å²) >= 11 is 1.54. The smallest absolute Gasteiger partial charge is 0.270 e. The van der Waals surface area contributed by atoms with E-state index in [0.29, 0.717) is 18.1 Å². The molecule has 0 aliphatic carbocycles. The topological polar surface area (TPSA) is 87.3 Å². The number of rotatable bonds is 6. The van der Waals surface area contributed by atoms with Gasteiger partial charge in [0.1, 0.15) is 11.5 Å². The predicted molar refractivity (Wildman–Crippen MR) is 81.7 cm³/mol. The summed E-state index contributed by atoms with van der Waals surface area (Å²) in [6, 6.07) is 1.23. The Labute approximate surface area is 127 Å². The van der Waals surface area contributed by atoms with Crippen LogP contribution in [-0.4, -0.2) is 66.4 Å². The van der Waals surface area contributed by atoms with Gasteiger partial charge in [-0.1, -0.05) is 0 Å². The number of nitrogens with zero attached hydrogens (tertiary/aromatic N) is 2. The minimum absolute atomic E-state index is 0.171. The highest BCUT2D eigenvalue weighted by Gasteiger charge is 2.12. The molecule has 116 valence electrons. The molecule has 0 unspecified atom stereocenters. The Balaban J connectivity index is 1.86. The summed E-state index contributed by atoms with van der Waals surface area (Å²) in [6.45, 7) is 4.55. The van der Waals surface area contributed by atoms with Crippen molar-refractivity contribution >= 4 is 17.7 Å². The standard InChI is InChI=1S/C13H20N4O3S/c1-21-9-11-15-10(8-12(18)16-11)13(19)14-2-3-17-4-6-20-7-5-17/h8H,2-7,9H2,1H3,(H,14,19)(H,15,16,18). The minimum Gasteiger partial charge on any atom is -0.379 e. The zero-order valence-electron chi connectivity index (χ0n) is 12.1. The molecule has 0 spiro atoms. The molecule has 2 heterocycles. The number of aromatic amines is 1. The van der Waals surface area contributed by atoms with Gasteiger partial charge < -0.3 is 15.0 Å². The van der Waals surface area contributed by atoms with Gasteiger partial charge in [0.2, 0.25) is 0 Å². The van der Waals surface area contributed by atoms with Gasteiger partial charge >= 0.3 is 0 Å². The molecule has 0 bridgehead atoms. The SMILES string of the molecule is CSCc1nc(C(=O)NCCN2CCOCC2)cc(=O)[nH]1. The van der Waals surface area contributed by atoms with E-state index < -0.39 is 0 Å². The van der Waals surface area contributed by atoms with Crippen molar-refractivity contribution in [2.75, 3.05) is 45.6 Å². The molecule has 1 aliphatic heterocycles. The fourth-order valence-corrected chi connectivity index (χ4v) is 2.48. The maximum atomic E-state index is 12.0. The number of thioether (sulfide) groups is 1. The quantitative estimate of drug-likeness (QED) is 0.749. The van der Waals surface area contributed by atoms with Gasteiger partial charge in [-0.05, 0) is 6.26 Å². The van der Waals surface area contributed by atoms with Crippen LogP contribution in [0, 0.1) is 0 Å². The summed E-state index contributed by atoms with van der Waals surface area (Å²) in [5.41, 5.74) is -0.128. The van der Waals surface area contributed by atoms with Crippen LogP contribution in [0.4, 0.5) is 0 Å². The maximum Gasteiger partial charge on any atom is 0.270 e. The number of carbonyl (C=O) groups is 1. The molecule has 0 saturated carbocycles. The lowest BCUT2D eigenvalue weighted by Gasteiger charge is -2.26. The molecule has 8 heteroatoms. The monoisotopic (exact) mass is 312 g/mol. The number of carbonyl (C=O) groups excluding carboxylic acids is 1. The average Bonchev–Trinajstić information content (AvgIpc) is 2.48. The third kappa shape index (κ3) is 5.14. The molecule has 1 aliphatic rings. The number of nitrogens with one attached hydrogen (secondary N) is 2. The predicted octanol–water partition coefficient (Wildman–Crippen LogP) is -0.305. The van der Waals surface area contributed by atoms with Crippen molar-refractivity contribution in [3.05, 3.63) is 27.9 Å². The summed E-state index contributed by atoms with van der Waals surface area (Å²) in [6.07, 6.45) is 1.91. The van der Waals surface area contributed by atoms with Crippen LogP contribution < -0.4 is 10.9 Å². The van der Waals surface area contributed by atoms with Crippen LogP contribution >= 0.6 is 11.8 Å². The second-order valence-corrected chi connectivity index (χ2v) is 5.59. The molecule has 7 nitrogen and oxygen atoms in total. The number of hydrogen-bond acceptors (Lipinski definition) is 6. The van der Waals surface area contributed by atoms with E-state index in [0.717, 1.165) is 32.8 Å². The molecule has 1 aromatic heterocycles. The fourth-order valence-electron chi connectivity index (χ4n) is 2.07. The molecular weight excluding hydrogens is 292 g/mol. The molecule has 0 radical (unpaired) electrons. The average molecular weight is 312 g/mol. The number of morpholine rings is 1. The highest BCUT2D eigenvalue weighted by Crippen LogP contribution is 2.02. The molecule has 0 aromatic carbocycles. The summed E-state index contributed by atoms with van der Waals surface area (Å²) < 4.78 is 5.27. The number of H-pyrrole nitrogens is 1. The Bertz CT molecular complexity index is 528. The van der Waals surface area contributed by atoms with E-state index in [-0.39, 0.29) is 17.2 Å². The fraction of sp³-hybridized carbons (Fsp3) is 0.615.